The zero-order chi connectivity index (χ0) is 13.7. The first kappa shape index (κ1) is 12.7. The molecule has 0 atom stereocenters. The lowest BCUT2D eigenvalue weighted by molar-refractivity contribution is 0.0950. The third kappa shape index (κ3) is 2.75. The van der Waals surface area contributed by atoms with Crippen molar-refractivity contribution in [2.24, 2.45) is 0 Å². The van der Waals surface area contributed by atoms with Crippen LogP contribution in [0.4, 0.5) is 0 Å². The molecule has 0 radical (unpaired) electrons. The largest absolute Gasteiger partial charge is 0.493 e. The quantitative estimate of drug-likeness (QED) is 0.836. The van der Waals surface area contributed by atoms with Crippen molar-refractivity contribution in [3.8, 4) is 23.8 Å². The van der Waals surface area contributed by atoms with E-state index in [0.29, 0.717) is 5.75 Å². The van der Waals surface area contributed by atoms with E-state index in [1.807, 2.05) is 30.3 Å². The fourth-order valence-electron chi connectivity index (χ4n) is 1.59. The van der Waals surface area contributed by atoms with Crippen molar-refractivity contribution >= 4 is 5.91 Å². The van der Waals surface area contributed by atoms with Gasteiger partial charge in [-0.2, -0.15) is 5.10 Å². The smallest absolute Gasteiger partial charge is 0.276 e. The van der Waals surface area contributed by atoms with Gasteiger partial charge >= 0.3 is 0 Å². The summed E-state index contributed by atoms with van der Waals surface area (Å²) >= 11 is 0. The van der Waals surface area contributed by atoms with E-state index in [0.717, 1.165) is 5.69 Å². The van der Waals surface area contributed by atoms with Crippen LogP contribution in [0.1, 0.15) is 10.5 Å². The summed E-state index contributed by atoms with van der Waals surface area (Å²) in [5.41, 5.74) is 1.05. The number of hydrogen-bond acceptors (Lipinski definition) is 3. The SMILES string of the molecule is C#CCNC(=O)c1nn(-c2ccccc2)cc1OC. The number of nitrogens with one attached hydrogen (secondary N) is 1. The monoisotopic (exact) mass is 255 g/mol. The molecule has 2 rings (SSSR count). The van der Waals surface area contributed by atoms with Crippen LogP contribution in [-0.2, 0) is 0 Å². The number of para-hydroxylation sites is 1. The molecule has 19 heavy (non-hydrogen) atoms. The van der Waals surface area contributed by atoms with Gasteiger partial charge in [-0.05, 0) is 12.1 Å². The van der Waals surface area contributed by atoms with E-state index in [1.165, 1.54) is 7.11 Å². The second kappa shape index (κ2) is 5.74. The van der Waals surface area contributed by atoms with E-state index in [2.05, 4.69) is 16.3 Å². The number of nitrogens with zero attached hydrogens (tertiary/aromatic N) is 2. The summed E-state index contributed by atoms with van der Waals surface area (Å²) in [6.07, 6.45) is 6.75. The summed E-state index contributed by atoms with van der Waals surface area (Å²) < 4.78 is 6.74. The van der Waals surface area contributed by atoms with E-state index in [-0.39, 0.29) is 18.1 Å². The van der Waals surface area contributed by atoms with Crippen molar-refractivity contribution in [1.29, 1.82) is 0 Å². The number of aromatic nitrogens is 2. The molecular formula is C14H13N3O2. The maximum atomic E-state index is 11.9. The Balaban J connectivity index is 2.33. The Morgan fingerprint density at radius 2 is 2.21 bits per heavy atom. The second-order valence-electron chi connectivity index (χ2n) is 3.71. The summed E-state index contributed by atoms with van der Waals surface area (Å²) in [6.45, 7) is 0.153. The molecular weight excluding hydrogens is 242 g/mol. The Morgan fingerprint density at radius 1 is 1.47 bits per heavy atom. The first-order valence-electron chi connectivity index (χ1n) is 5.67. The molecule has 0 saturated heterocycles. The van der Waals surface area contributed by atoms with Gasteiger partial charge in [-0.3, -0.25) is 4.79 Å². The molecule has 1 N–H and O–H groups in total. The molecule has 5 heteroatoms. The lowest BCUT2D eigenvalue weighted by Crippen LogP contribution is -2.24. The number of terminal acetylenes is 1. The maximum absolute atomic E-state index is 11.9. The topological polar surface area (TPSA) is 56.2 Å². The van der Waals surface area contributed by atoms with Gasteiger partial charge in [0.15, 0.2) is 11.4 Å². The highest BCUT2D eigenvalue weighted by molar-refractivity contribution is 5.95. The molecule has 0 aliphatic carbocycles. The van der Waals surface area contributed by atoms with Crippen LogP contribution >= 0.6 is 0 Å². The number of hydrogen-bond donors (Lipinski definition) is 1. The van der Waals surface area contributed by atoms with Gasteiger partial charge in [0.05, 0.1) is 25.5 Å². The van der Waals surface area contributed by atoms with E-state index in [9.17, 15) is 4.79 Å². The van der Waals surface area contributed by atoms with Crippen LogP contribution in [-0.4, -0.2) is 29.3 Å². The molecule has 0 fully saturated rings. The normalized spacial score (nSPS) is 9.68. The fraction of sp³-hybridized carbons (Fsp3) is 0.143. The number of rotatable bonds is 4. The molecule has 0 aliphatic rings. The van der Waals surface area contributed by atoms with Crippen molar-refractivity contribution in [3.05, 3.63) is 42.2 Å². The summed E-state index contributed by atoms with van der Waals surface area (Å²) in [6, 6.07) is 9.46. The van der Waals surface area contributed by atoms with Crippen molar-refractivity contribution in [2.45, 2.75) is 0 Å². The number of amides is 1. The molecule has 0 unspecified atom stereocenters. The number of carbonyl (C=O) groups is 1. The summed E-state index contributed by atoms with van der Waals surface area (Å²) in [5.74, 6) is 2.38. The lowest BCUT2D eigenvalue weighted by Gasteiger charge is -2.00. The minimum atomic E-state index is -0.357. The molecule has 1 aromatic heterocycles. The molecule has 2 aromatic rings. The molecule has 0 saturated carbocycles. The first-order chi connectivity index (χ1) is 9.26. The number of benzene rings is 1. The number of carbonyl (C=O) groups excluding carboxylic acids is 1. The highest BCUT2D eigenvalue weighted by Gasteiger charge is 2.17. The minimum absolute atomic E-state index is 0.153. The summed E-state index contributed by atoms with van der Waals surface area (Å²) in [5, 5.41) is 6.77. The van der Waals surface area contributed by atoms with Crippen LogP contribution in [0, 0.1) is 12.3 Å². The Kier molecular flexibility index (Phi) is 3.84. The molecule has 1 heterocycles. The van der Waals surface area contributed by atoms with Crippen molar-refractivity contribution in [3.63, 3.8) is 0 Å². The Morgan fingerprint density at radius 3 is 2.84 bits per heavy atom. The third-order valence-corrected chi connectivity index (χ3v) is 2.49. The Labute approximate surface area is 111 Å². The van der Waals surface area contributed by atoms with Gasteiger partial charge in [0.25, 0.3) is 5.91 Å². The lowest BCUT2D eigenvalue weighted by atomic mass is 10.3. The van der Waals surface area contributed by atoms with Crippen molar-refractivity contribution in [1.82, 2.24) is 15.1 Å². The minimum Gasteiger partial charge on any atom is -0.493 e. The molecule has 1 amide bonds. The van der Waals surface area contributed by atoms with Crippen molar-refractivity contribution in [2.75, 3.05) is 13.7 Å². The molecule has 96 valence electrons. The summed E-state index contributed by atoms with van der Waals surface area (Å²) in [4.78, 5) is 11.9. The molecule has 0 spiro atoms. The van der Waals surface area contributed by atoms with Gasteiger partial charge in [0.2, 0.25) is 0 Å². The number of methoxy groups -OCH3 is 1. The molecule has 0 bridgehead atoms. The van der Waals surface area contributed by atoms with Gasteiger partial charge in [-0.25, -0.2) is 4.68 Å². The van der Waals surface area contributed by atoms with E-state index < -0.39 is 0 Å². The van der Waals surface area contributed by atoms with Crippen LogP contribution in [0.25, 0.3) is 5.69 Å². The predicted octanol–water partition coefficient (Wildman–Crippen LogP) is 1.24. The van der Waals surface area contributed by atoms with Crippen molar-refractivity contribution < 1.29 is 9.53 Å². The second-order valence-corrected chi connectivity index (χ2v) is 3.71. The van der Waals surface area contributed by atoms with E-state index in [4.69, 9.17) is 11.2 Å². The Hall–Kier alpha value is -2.74. The molecule has 5 nitrogen and oxygen atoms in total. The predicted molar refractivity (Wildman–Crippen MR) is 71.3 cm³/mol. The zero-order valence-corrected chi connectivity index (χ0v) is 10.5. The van der Waals surface area contributed by atoms with Crippen LogP contribution in [0.2, 0.25) is 0 Å². The first-order valence-corrected chi connectivity index (χ1v) is 5.67. The van der Waals surface area contributed by atoms with Gasteiger partial charge in [0.1, 0.15) is 0 Å². The van der Waals surface area contributed by atoms with Crippen LogP contribution in [0.3, 0.4) is 0 Å². The average molecular weight is 255 g/mol. The molecule has 0 aliphatic heterocycles. The maximum Gasteiger partial charge on any atom is 0.276 e. The van der Waals surface area contributed by atoms with Gasteiger partial charge < -0.3 is 10.1 Å². The van der Waals surface area contributed by atoms with Gasteiger partial charge in [-0.1, -0.05) is 24.1 Å². The fourth-order valence-corrected chi connectivity index (χ4v) is 1.59. The standard InChI is InChI=1S/C14H13N3O2/c1-3-9-15-14(18)13-12(19-2)10-17(16-13)11-7-5-4-6-8-11/h1,4-8,10H,9H2,2H3,(H,15,18). The van der Waals surface area contributed by atoms with Crippen LogP contribution < -0.4 is 10.1 Å². The zero-order valence-electron chi connectivity index (χ0n) is 10.5. The van der Waals surface area contributed by atoms with Crippen LogP contribution in [0.15, 0.2) is 36.5 Å². The van der Waals surface area contributed by atoms with Gasteiger partial charge in [0, 0.05) is 0 Å². The number of ether oxygens (including phenoxy) is 1. The highest BCUT2D eigenvalue weighted by Crippen LogP contribution is 2.19. The third-order valence-electron chi connectivity index (χ3n) is 2.49. The van der Waals surface area contributed by atoms with E-state index in [1.54, 1.807) is 10.9 Å². The Bertz CT molecular complexity index is 611. The van der Waals surface area contributed by atoms with Gasteiger partial charge in [-0.15, -0.1) is 6.42 Å². The van der Waals surface area contributed by atoms with Crippen LogP contribution in [0.5, 0.6) is 5.75 Å². The highest BCUT2D eigenvalue weighted by atomic mass is 16.5. The van der Waals surface area contributed by atoms with E-state index >= 15 is 0 Å². The summed E-state index contributed by atoms with van der Waals surface area (Å²) in [7, 11) is 1.49. The molecule has 1 aromatic carbocycles. The average Bonchev–Trinajstić information content (AvgIpc) is 2.90.